The van der Waals surface area contributed by atoms with E-state index in [1.165, 1.54) is 54.2 Å². The van der Waals surface area contributed by atoms with E-state index in [2.05, 4.69) is 30.2 Å². The summed E-state index contributed by atoms with van der Waals surface area (Å²) in [5, 5.41) is 10.9. The largest absolute Gasteiger partial charge is 0.324 e. The van der Waals surface area contributed by atoms with Gasteiger partial charge in [0.2, 0.25) is 11.9 Å². The van der Waals surface area contributed by atoms with Gasteiger partial charge >= 0.3 is 0 Å². The summed E-state index contributed by atoms with van der Waals surface area (Å²) in [5.41, 5.74) is 0.506. The Balaban J connectivity index is 1.48. The lowest BCUT2D eigenvalue weighted by Gasteiger charge is -2.15. The maximum atomic E-state index is 12.7. The van der Waals surface area contributed by atoms with E-state index < -0.39 is 27.5 Å². The normalized spacial score (nSPS) is 12.2. The number of nitrogens with zero attached hydrogens (tertiary/aromatic N) is 6. The van der Waals surface area contributed by atoms with E-state index >= 15 is 0 Å². The summed E-state index contributed by atoms with van der Waals surface area (Å²) < 4.78 is 30.0. The molecule has 34 heavy (non-hydrogen) atoms. The van der Waals surface area contributed by atoms with Gasteiger partial charge in [0, 0.05) is 36.0 Å². The van der Waals surface area contributed by atoms with Gasteiger partial charge in [-0.25, -0.2) is 32.5 Å². The van der Waals surface area contributed by atoms with E-state index in [1.807, 2.05) is 0 Å². The molecule has 0 aliphatic heterocycles. The lowest BCUT2D eigenvalue weighted by atomic mass is 10.2. The summed E-state index contributed by atoms with van der Waals surface area (Å²) in [6, 6.07) is 10.8. The first-order valence-electron chi connectivity index (χ1n) is 10.1. The number of rotatable bonds is 7. The number of aromatic nitrogens is 6. The summed E-state index contributed by atoms with van der Waals surface area (Å²) >= 11 is 0. The van der Waals surface area contributed by atoms with Gasteiger partial charge in [-0.1, -0.05) is 0 Å². The van der Waals surface area contributed by atoms with E-state index in [0.29, 0.717) is 17.2 Å². The third kappa shape index (κ3) is 4.99. The highest BCUT2D eigenvalue weighted by Crippen LogP contribution is 2.18. The third-order valence-corrected chi connectivity index (χ3v) is 6.09. The van der Waals surface area contributed by atoms with Crippen molar-refractivity contribution in [3.05, 3.63) is 83.2 Å². The Labute approximate surface area is 194 Å². The summed E-state index contributed by atoms with van der Waals surface area (Å²) in [6.07, 6.45) is 4.68. The highest BCUT2D eigenvalue weighted by molar-refractivity contribution is 7.92. The molecular weight excluding hydrogens is 460 g/mol. The second-order valence-electron chi connectivity index (χ2n) is 7.24. The number of aryl methyl sites for hydroxylation is 1. The summed E-state index contributed by atoms with van der Waals surface area (Å²) in [7, 11) is -3.92. The standard InChI is InChI=1S/C21H20N8O4S/c1-14-10-12-22-21(24-14)27-34(32,33)17-6-4-16(5-7-17)25-20(31)15(2)29-19(30)9-8-18(26-29)28-13-3-11-23-28/h3-13,15H,1-2H3,(H,25,31)(H,22,24,27). The molecule has 0 bridgehead atoms. The Morgan fingerprint density at radius 2 is 1.82 bits per heavy atom. The zero-order chi connectivity index (χ0) is 24.3. The fourth-order valence-corrected chi connectivity index (χ4v) is 3.92. The van der Waals surface area contributed by atoms with Crippen LogP contribution in [0.15, 0.2) is 76.8 Å². The van der Waals surface area contributed by atoms with Crippen molar-refractivity contribution in [1.29, 1.82) is 0 Å². The predicted octanol–water partition coefficient (Wildman–Crippen LogP) is 1.53. The number of anilines is 2. The van der Waals surface area contributed by atoms with E-state index in [9.17, 15) is 18.0 Å². The zero-order valence-electron chi connectivity index (χ0n) is 18.2. The molecule has 0 radical (unpaired) electrons. The smallest absolute Gasteiger partial charge is 0.267 e. The highest BCUT2D eigenvalue weighted by atomic mass is 32.2. The van der Waals surface area contributed by atoms with Gasteiger partial charge in [0.1, 0.15) is 6.04 Å². The fourth-order valence-electron chi connectivity index (χ4n) is 2.97. The zero-order valence-corrected chi connectivity index (χ0v) is 19.0. The lowest BCUT2D eigenvalue weighted by Crippen LogP contribution is -2.33. The van der Waals surface area contributed by atoms with E-state index in [0.717, 1.165) is 4.68 Å². The maximum absolute atomic E-state index is 12.7. The molecule has 4 aromatic rings. The van der Waals surface area contributed by atoms with Crippen LogP contribution in [-0.2, 0) is 14.8 Å². The van der Waals surface area contributed by atoms with E-state index in [-0.39, 0.29) is 10.8 Å². The van der Waals surface area contributed by atoms with Crippen LogP contribution in [0.25, 0.3) is 5.82 Å². The molecule has 0 spiro atoms. The van der Waals surface area contributed by atoms with Gasteiger partial charge in [0.25, 0.3) is 15.6 Å². The Hall–Kier alpha value is -4.39. The van der Waals surface area contributed by atoms with E-state index in [1.54, 1.807) is 31.5 Å². The average molecular weight is 481 g/mol. The molecule has 1 amide bonds. The van der Waals surface area contributed by atoms with Crippen molar-refractivity contribution in [3.8, 4) is 5.82 Å². The predicted molar refractivity (Wildman–Crippen MR) is 123 cm³/mol. The molecule has 3 aromatic heterocycles. The molecule has 0 saturated carbocycles. The van der Waals surface area contributed by atoms with E-state index in [4.69, 9.17) is 0 Å². The van der Waals surface area contributed by atoms with Crippen LogP contribution in [0, 0.1) is 6.92 Å². The van der Waals surface area contributed by atoms with Crippen LogP contribution in [0.3, 0.4) is 0 Å². The fraction of sp³-hybridized carbons (Fsp3) is 0.143. The number of carbonyl (C=O) groups is 1. The van der Waals surface area contributed by atoms with Crippen molar-refractivity contribution in [1.82, 2.24) is 29.5 Å². The molecule has 2 N–H and O–H groups in total. The van der Waals surface area contributed by atoms with Gasteiger partial charge in [-0.3, -0.25) is 9.59 Å². The summed E-state index contributed by atoms with van der Waals surface area (Å²) in [6.45, 7) is 3.25. The first kappa shape index (κ1) is 22.8. The van der Waals surface area contributed by atoms with Crippen molar-refractivity contribution in [2.24, 2.45) is 0 Å². The summed E-state index contributed by atoms with van der Waals surface area (Å²) in [5.74, 6) is -0.167. The number of benzene rings is 1. The molecule has 174 valence electrons. The molecule has 3 heterocycles. The summed E-state index contributed by atoms with van der Waals surface area (Å²) in [4.78, 5) is 32.9. The minimum absolute atomic E-state index is 0.0338. The number of nitrogens with one attached hydrogen (secondary N) is 2. The lowest BCUT2D eigenvalue weighted by molar-refractivity contribution is -0.119. The SMILES string of the molecule is Cc1ccnc(NS(=O)(=O)c2ccc(NC(=O)C(C)n3nc(-n4cccn4)ccc3=O)cc2)n1. The molecule has 1 unspecified atom stereocenters. The number of sulfonamides is 1. The van der Waals surface area contributed by atoms with Crippen molar-refractivity contribution >= 4 is 27.6 Å². The number of amides is 1. The molecule has 0 aliphatic rings. The van der Waals surface area contributed by atoms with Crippen LogP contribution in [0.1, 0.15) is 18.7 Å². The van der Waals surface area contributed by atoms with Crippen LogP contribution in [-0.4, -0.2) is 43.9 Å². The molecule has 12 nitrogen and oxygen atoms in total. The monoisotopic (exact) mass is 480 g/mol. The molecule has 13 heteroatoms. The molecule has 0 saturated heterocycles. The Morgan fingerprint density at radius 1 is 1.06 bits per heavy atom. The number of hydrogen-bond donors (Lipinski definition) is 2. The Morgan fingerprint density at radius 3 is 2.50 bits per heavy atom. The van der Waals surface area contributed by atoms with Gasteiger partial charge in [0.15, 0.2) is 5.82 Å². The third-order valence-electron chi connectivity index (χ3n) is 4.75. The molecule has 4 rings (SSSR count). The Bertz CT molecular complexity index is 1480. The van der Waals surface area contributed by atoms with Crippen LogP contribution < -0.4 is 15.6 Å². The van der Waals surface area contributed by atoms with Crippen LogP contribution in [0.2, 0.25) is 0 Å². The van der Waals surface area contributed by atoms with Gasteiger partial charge < -0.3 is 5.32 Å². The molecule has 1 atom stereocenters. The first-order valence-corrected chi connectivity index (χ1v) is 11.5. The van der Waals surface area contributed by atoms with Crippen LogP contribution >= 0.6 is 0 Å². The minimum atomic E-state index is -3.92. The van der Waals surface area contributed by atoms with Crippen molar-refractivity contribution in [2.75, 3.05) is 10.0 Å². The van der Waals surface area contributed by atoms with Crippen LogP contribution in [0.5, 0.6) is 0 Å². The number of hydrogen-bond acceptors (Lipinski definition) is 8. The van der Waals surface area contributed by atoms with Crippen molar-refractivity contribution < 1.29 is 13.2 Å². The Kier molecular flexibility index (Phi) is 6.19. The highest BCUT2D eigenvalue weighted by Gasteiger charge is 2.20. The second kappa shape index (κ2) is 9.23. The maximum Gasteiger partial charge on any atom is 0.267 e. The quantitative estimate of drug-likeness (QED) is 0.404. The number of carbonyl (C=O) groups excluding carboxylic acids is 1. The molecule has 0 aliphatic carbocycles. The molecule has 0 fully saturated rings. The van der Waals surface area contributed by atoms with Crippen molar-refractivity contribution in [2.45, 2.75) is 24.8 Å². The van der Waals surface area contributed by atoms with Gasteiger partial charge in [0.05, 0.1) is 4.90 Å². The van der Waals surface area contributed by atoms with Gasteiger partial charge in [-0.15, -0.1) is 5.10 Å². The van der Waals surface area contributed by atoms with Crippen molar-refractivity contribution in [3.63, 3.8) is 0 Å². The average Bonchev–Trinajstić information content (AvgIpc) is 3.34. The topological polar surface area (TPSA) is 154 Å². The van der Waals surface area contributed by atoms with Gasteiger partial charge in [-0.2, -0.15) is 5.10 Å². The molecular formula is C21H20N8O4S. The molecule has 1 aromatic carbocycles. The van der Waals surface area contributed by atoms with Gasteiger partial charge in [-0.05, 0) is 56.3 Å². The second-order valence-corrected chi connectivity index (χ2v) is 8.92. The van der Waals surface area contributed by atoms with Crippen LogP contribution in [0.4, 0.5) is 11.6 Å². The minimum Gasteiger partial charge on any atom is -0.324 e. The first-order chi connectivity index (χ1) is 16.2.